The molecule has 0 bridgehead atoms. The van der Waals surface area contributed by atoms with Crippen LogP contribution in [-0.4, -0.2) is 5.97 Å². The van der Waals surface area contributed by atoms with Crippen LogP contribution in [0.5, 0.6) is 5.75 Å². The van der Waals surface area contributed by atoms with Crippen LogP contribution in [0.1, 0.15) is 12.5 Å². The molecule has 3 rings (SSSR count). The van der Waals surface area contributed by atoms with E-state index in [0.29, 0.717) is 16.9 Å². The first-order chi connectivity index (χ1) is 11.0. The summed E-state index contributed by atoms with van der Waals surface area (Å²) in [6.45, 7) is 3.20. The Morgan fingerprint density at radius 1 is 1.13 bits per heavy atom. The van der Waals surface area contributed by atoms with Crippen LogP contribution in [0.4, 0.5) is 0 Å². The molecule has 0 aliphatic heterocycles. The number of halogens is 1. The van der Waals surface area contributed by atoms with Crippen LogP contribution in [0.25, 0.3) is 22.1 Å². The van der Waals surface area contributed by atoms with Crippen molar-refractivity contribution in [1.29, 1.82) is 0 Å². The van der Waals surface area contributed by atoms with Crippen molar-refractivity contribution in [3.05, 3.63) is 62.9 Å². The van der Waals surface area contributed by atoms with Crippen LogP contribution in [0.2, 0.25) is 0 Å². The van der Waals surface area contributed by atoms with Gasteiger partial charge < -0.3 is 9.15 Å². The molecule has 5 heteroatoms. The fraction of sp³-hybridized carbons (Fsp3) is 0.111. The number of carbonyl (C=O) groups excluding carboxylic acids is 1. The number of esters is 1. The monoisotopic (exact) mass is 372 g/mol. The largest absolute Gasteiger partial charge is 0.427 e. The standard InChI is InChI=1S/C18H13BrO4/c1-10-15-8-7-14(22-11(2)20)9-16(15)23-18(21)17(10)12-3-5-13(19)6-4-12/h3-9H,1-2H3. The summed E-state index contributed by atoms with van der Waals surface area (Å²) < 4.78 is 11.4. The molecule has 1 heterocycles. The molecule has 0 fully saturated rings. The first-order valence-corrected chi connectivity index (χ1v) is 7.77. The van der Waals surface area contributed by atoms with Crippen LogP contribution < -0.4 is 10.4 Å². The van der Waals surface area contributed by atoms with Crippen LogP contribution in [0, 0.1) is 6.92 Å². The van der Waals surface area contributed by atoms with Gasteiger partial charge in [0.05, 0.1) is 5.56 Å². The summed E-state index contributed by atoms with van der Waals surface area (Å²) in [5.41, 5.74) is 2.13. The lowest BCUT2D eigenvalue weighted by atomic mass is 10.00. The van der Waals surface area contributed by atoms with E-state index in [-0.39, 0.29) is 0 Å². The predicted octanol–water partition coefficient (Wildman–Crippen LogP) is 4.46. The fourth-order valence-corrected chi connectivity index (χ4v) is 2.78. The molecule has 23 heavy (non-hydrogen) atoms. The molecule has 0 saturated carbocycles. The fourth-order valence-electron chi connectivity index (χ4n) is 2.52. The first-order valence-electron chi connectivity index (χ1n) is 6.97. The molecule has 116 valence electrons. The summed E-state index contributed by atoms with van der Waals surface area (Å²) in [7, 11) is 0. The van der Waals surface area contributed by atoms with Gasteiger partial charge in [0, 0.05) is 22.8 Å². The van der Waals surface area contributed by atoms with Crippen molar-refractivity contribution in [2.24, 2.45) is 0 Å². The summed E-state index contributed by atoms with van der Waals surface area (Å²) in [6, 6.07) is 12.5. The average molecular weight is 373 g/mol. The van der Waals surface area contributed by atoms with Gasteiger partial charge in [0.1, 0.15) is 11.3 Å². The normalized spacial score (nSPS) is 10.7. The van der Waals surface area contributed by atoms with Gasteiger partial charge in [-0.15, -0.1) is 0 Å². The first kappa shape index (κ1) is 15.5. The van der Waals surface area contributed by atoms with Crippen molar-refractivity contribution in [3.63, 3.8) is 0 Å². The zero-order valence-electron chi connectivity index (χ0n) is 12.6. The Labute approximate surface area is 140 Å². The van der Waals surface area contributed by atoms with Gasteiger partial charge in [-0.2, -0.15) is 0 Å². The van der Waals surface area contributed by atoms with E-state index in [4.69, 9.17) is 9.15 Å². The minimum Gasteiger partial charge on any atom is -0.427 e. The molecule has 4 nitrogen and oxygen atoms in total. The van der Waals surface area contributed by atoms with Crippen molar-refractivity contribution >= 4 is 32.9 Å². The second kappa shape index (κ2) is 6.01. The highest BCUT2D eigenvalue weighted by Crippen LogP contribution is 2.29. The highest BCUT2D eigenvalue weighted by molar-refractivity contribution is 9.10. The van der Waals surface area contributed by atoms with Crippen LogP contribution >= 0.6 is 15.9 Å². The van der Waals surface area contributed by atoms with E-state index in [1.165, 1.54) is 6.92 Å². The molecule has 0 saturated heterocycles. The number of fused-ring (bicyclic) bond motifs is 1. The maximum Gasteiger partial charge on any atom is 0.344 e. The van der Waals surface area contributed by atoms with Gasteiger partial charge >= 0.3 is 11.6 Å². The second-order valence-corrected chi connectivity index (χ2v) is 6.06. The molecule has 3 aromatic rings. The zero-order valence-corrected chi connectivity index (χ0v) is 14.1. The molecule has 0 aliphatic carbocycles. The Hall–Kier alpha value is -2.40. The van der Waals surface area contributed by atoms with E-state index in [0.717, 1.165) is 21.0 Å². The summed E-state index contributed by atoms with van der Waals surface area (Å²) in [4.78, 5) is 23.4. The smallest absolute Gasteiger partial charge is 0.344 e. The maximum atomic E-state index is 12.4. The molecular weight excluding hydrogens is 360 g/mol. The molecule has 0 spiro atoms. The van der Waals surface area contributed by atoms with Crippen molar-refractivity contribution < 1.29 is 13.9 Å². The number of carbonyl (C=O) groups is 1. The Morgan fingerprint density at radius 2 is 1.83 bits per heavy atom. The van der Waals surface area contributed by atoms with Gasteiger partial charge in [-0.25, -0.2) is 4.79 Å². The number of rotatable bonds is 2. The van der Waals surface area contributed by atoms with Crippen molar-refractivity contribution in [3.8, 4) is 16.9 Å². The number of hydrogen-bond acceptors (Lipinski definition) is 4. The SMILES string of the molecule is CC(=O)Oc1ccc2c(C)c(-c3ccc(Br)cc3)c(=O)oc2c1. The maximum absolute atomic E-state index is 12.4. The Bertz CT molecular complexity index is 955. The highest BCUT2D eigenvalue weighted by atomic mass is 79.9. The van der Waals surface area contributed by atoms with Gasteiger partial charge in [0.25, 0.3) is 0 Å². The number of ether oxygens (including phenoxy) is 1. The van der Waals surface area contributed by atoms with E-state index < -0.39 is 11.6 Å². The van der Waals surface area contributed by atoms with Gasteiger partial charge in [-0.3, -0.25) is 4.79 Å². The Kier molecular flexibility index (Phi) is 4.05. The topological polar surface area (TPSA) is 56.5 Å². The molecule has 0 unspecified atom stereocenters. The highest BCUT2D eigenvalue weighted by Gasteiger charge is 2.14. The van der Waals surface area contributed by atoms with Gasteiger partial charge in [-0.1, -0.05) is 28.1 Å². The molecule has 0 atom stereocenters. The lowest BCUT2D eigenvalue weighted by Gasteiger charge is -2.09. The second-order valence-electron chi connectivity index (χ2n) is 5.15. The number of hydrogen-bond donors (Lipinski definition) is 0. The molecule has 0 radical (unpaired) electrons. The lowest BCUT2D eigenvalue weighted by molar-refractivity contribution is -0.131. The Morgan fingerprint density at radius 3 is 2.48 bits per heavy atom. The third kappa shape index (κ3) is 3.05. The van der Waals surface area contributed by atoms with Crippen molar-refractivity contribution in [2.75, 3.05) is 0 Å². The van der Waals surface area contributed by atoms with Crippen molar-refractivity contribution in [2.45, 2.75) is 13.8 Å². The molecule has 1 aromatic heterocycles. The molecule has 0 aliphatic rings. The third-order valence-electron chi connectivity index (χ3n) is 3.53. The summed E-state index contributed by atoms with van der Waals surface area (Å²) in [5, 5.41) is 0.804. The molecule has 2 aromatic carbocycles. The quantitative estimate of drug-likeness (QED) is 0.378. The predicted molar refractivity (Wildman–Crippen MR) is 91.7 cm³/mol. The Balaban J connectivity index is 2.20. The number of benzene rings is 2. The van der Waals surface area contributed by atoms with E-state index in [1.54, 1.807) is 18.2 Å². The van der Waals surface area contributed by atoms with Gasteiger partial charge in [-0.05, 0) is 42.3 Å². The van der Waals surface area contributed by atoms with Gasteiger partial charge in [0.2, 0.25) is 0 Å². The third-order valence-corrected chi connectivity index (χ3v) is 4.06. The van der Waals surface area contributed by atoms with E-state index in [9.17, 15) is 9.59 Å². The summed E-state index contributed by atoms with van der Waals surface area (Å²) >= 11 is 3.38. The van der Waals surface area contributed by atoms with Gasteiger partial charge in [0.15, 0.2) is 0 Å². The lowest BCUT2D eigenvalue weighted by Crippen LogP contribution is -2.06. The van der Waals surface area contributed by atoms with E-state index in [2.05, 4.69) is 15.9 Å². The zero-order chi connectivity index (χ0) is 16.6. The number of aryl methyl sites for hydroxylation is 1. The molecule has 0 N–H and O–H groups in total. The van der Waals surface area contributed by atoms with E-state index in [1.807, 2.05) is 31.2 Å². The van der Waals surface area contributed by atoms with E-state index >= 15 is 0 Å². The minimum absolute atomic E-state index is 0.351. The van der Waals surface area contributed by atoms with Crippen molar-refractivity contribution in [1.82, 2.24) is 0 Å². The molecular formula is C18H13BrO4. The van der Waals surface area contributed by atoms with Crippen LogP contribution in [0.3, 0.4) is 0 Å². The summed E-state index contributed by atoms with van der Waals surface area (Å²) in [5.74, 6) is -0.0705. The van der Waals surface area contributed by atoms with Crippen LogP contribution in [-0.2, 0) is 4.79 Å². The minimum atomic E-state index is -0.421. The summed E-state index contributed by atoms with van der Waals surface area (Å²) in [6.07, 6.45) is 0. The average Bonchev–Trinajstić information content (AvgIpc) is 2.48. The molecule has 0 amide bonds. The van der Waals surface area contributed by atoms with Crippen LogP contribution in [0.15, 0.2) is 56.1 Å².